The summed E-state index contributed by atoms with van der Waals surface area (Å²) in [4.78, 5) is 5.19. The SMILES string of the molecule is CN(C)C(=[O+]n1nnc2c(I)cccc21)N(C)C.F[B-](F)(F)F. The number of halogens is 5. The minimum Gasteiger partial charge on any atom is -0.418 e. The van der Waals surface area contributed by atoms with E-state index in [0.717, 1.165) is 14.6 Å². The highest BCUT2D eigenvalue weighted by molar-refractivity contribution is 14.1. The van der Waals surface area contributed by atoms with Crippen molar-refractivity contribution in [3.63, 3.8) is 0 Å². The van der Waals surface area contributed by atoms with E-state index in [1.165, 1.54) is 4.85 Å². The molecule has 0 fully saturated rings. The lowest BCUT2D eigenvalue weighted by molar-refractivity contribution is -0.244. The Morgan fingerprint density at radius 1 is 1.13 bits per heavy atom. The fraction of sp³-hybridized carbons (Fsp3) is 0.364. The summed E-state index contributed by atoms with van der Waals surface area (Å²) in [6.07, 6.45) is 0. The summed E-state index contributed by atoms with van der Waals surface area (Å²) in [7, 11) is 1.66. The molecule has 0 saturated heterocycles. The molecule has 0 aliphatic carbocycles. The van der Waals surface area contributed by atoms with Crippen LogP contribution in [-0.2, 0) is 0 Å². The molecular weight excluding hydrogens is 432 g/mol. The van der Waals surface area contributed by atoms with Gasteiger partial charge in [-0.05, 0) is 39.2 Å². The molecule has 0 spiro atoms. The molecule has 2 rings (SSSR count). The van der Waals surface area contributed by atoms with Crippen LogP contribution in [-0.4, -0.2) is 66.4 Å². The molecule has 128 valence electrons. The van der Waals surface area contributed by atoms with E-state index >= 15 is 0 Å². The van der Waals surface area contributed by atoms with E-state index in [9.17, 15) is 17.3 Å². The molecule has 0 aliphatic heterocycles. The first-order valence-electron chi connectivity index (χ1n) is 6.28. The molecule has 1 aromatic heterocycles. The van der Waals surface area contributed by atoms with Crippen molar-refractivity contribution in [2.75, 3.05) is 28.2 Å². The normalized spacial score (nSPS) is 10.8. The fourth-order valence-corrected chi connectivity index (χ4v) is 2.19. The Morgan fingerprint density at radius 3 is 2.13 bits per heavy atom. The van der Waals surface area contributed by atoms with Crippen LogP contribution in [0.1, 0.15) is 0 Å². The first-order chi connectivity index (χ1) is 10.5. The van der Waals surface area contributed by atoms with E-state index in [1.54, 1.807) is 0 Å². The highest BCUT2D eigenvalue weighted by atomic mass is 127. The van der Waals surface area contributed by atoms with Gasteiger partial charge in [-0.3, -0.25) is 9.80 Å². The largest absolute Gasteiger partial charge is 0.673 e. The van der Waals surface area contributed by atoms with Gasteiger partial charge >= 0.3 is 13.3 Å². The Balaban J connectivity index is 0.000000463. The third kappa shape index (κ3) is 6.19. The lowest BCUT2D eigenvalue weighted by Crippen LogP contribution is -2.35. The van der Waals surface area contributed by atoms with Gasteiger partial charge in [0.05, 0.1) is 0 Å². The maximum Gasteiger partial charge on any atom is 0.673 e. The second-order valence-corrected chi connectivity index (χ2v) is 5.89. The second kappa shape index (κ2) is 7.79. The number of nitrogens with zero attached hydrogens (tertiary/aromatic N) is 5. The zero-order valence-corrected chi connectivity index (χ0v) is 15.0. The third-order valence-electron chi connectivity index (χ3n) is 2.33. The van der Waals surface area contributed by atoms with E-state index < -0.39 is 7.25 Å². The lowest BCUT2D eigenvalue weighted by Gasteiger charge is -2.10. The van der Waals surface area contributed by atoms with Gasteiger partial charge in [0.1, 0.15) is 10.4 Å². The maximum atomic E-state index is 9.75. The number of hydrogen-bond acceptors (Lipinski definition) is 2. The lowest BCUT2D eigenvalue weighted by atomic mass is 10.3. The van der Waals surface area contributed by atoms with Crippen LogP contribution in [0.15, 0.2) is 18.2 Å². The number of hydrogen-bond donors (Lipinski definition) is 0. The summed E-state index contributed by atoms with van der Waals surface area (Å²) in [5, 5.41) is 8.15. The van der Waals surface area contributed by atoms with Gasteiger partial charge in [-0.15, -0.1) is 5.10 Å². The number of amides is 2. The first kappa shape index (κ1) is 19.5. The van der Waals surface area contributed by atoms with E-state index in [1.807, 2.05) is 56.2 Å². The van der Waals surface area contributed by atoms with Crippen LogP contribution in [0.2, 0.25) is 0 Å². The van der Waals surface area contributed by atoms with Crippen LogP contribution in [0.5, 0.6) is 0 Å². The van der Waals surface area contributed by atoms with Gasteiger partial charge in [0.25, 0.3) is 0 Å². The van der Waals surface area contributed by atoms with Crippen LogP contribution in [0.3, 0.4) is 0 Å². The van der Waals surface area contributed by atoms with Crippen LogP contribution in [0.4, 0.5) is 21.8 Å². The van der Waals surface area contributed by atoms with Crippen LogP contribution in [0.25, 0.3) is 11.0 Å². The quantitative estimate of drug-likeness (QED) is 0.293. The van der Waals surface area contributed by atoms with Gasteiger partial charge in [0.2, 0.25) is 0 Å². The molecule has 12 heteroatoms. The predicted octanol–water partition coefficient (Wildman–Crippen LogP) is 2.88. The van der Waals surface area contributed by atoms with Gasteiger partial charge in [-0.2, -0.15) is 0 Å². The molecule has 2 aromatic rings. The molecular formula is C11H15BF4IN5O. The molecule has 0 atom stereocenters. The summed E-state index contributed by atoms with van der Waals surface area (Å²) >= 11 is 2.23. The molecule has 0 N–H and O–H groups in total. The summed E-state index contributed by atoms with van der Waals surface area (Å²) in [5.41, 5.74) is 1.69. The Bertz CT molecular complexity index is 673. The standard InChI is InChI=1S/C11H15IN5O.BF4/c1-15(2)11(16(3)4)18-17-9-7-5-6-8(12)10(9)13-14-17;2-1(3,4)5/h5-7H,1-4H3;/q+1;-1. The Morgan fingerprint density at radius 2 is 1.65 bits per heavy atom. The molecule has 23 heavy (non-hydrogen) atoms. The number of fused-ring (bicyclic) bond motifs is 1. The predicted molar refractivity (Wildman–Crippen MR) is 88.6 cm³/mol. The monoisotopic (exact) mass is 447 g/mol. The number of aromatic nitrogens is 3. The van der Waals surface area contributed by atoms with Crippen molar-refractivity contribution in [3.05, 3.63) is 21.8 Å². The molecule has 1 heterocycles. The Hall–Kier alpha value is -1.60. The third-order valence-corrected chi connectivity index (χ3v) is 3.20. The fourth-order valence-electron chi connectivity index (χ4n) is 1.60. The van der Waals surface area contributed by atoms with Gasteiger partial charge in [0, 0.05) is 37.0 Å². The van der Waals surface area contributed by atoms with Gasteiger partial charge < -0.3 is 17.3 Å². The summed E-state index contributed by atoms with van der Waals surface area (Å²) in [6.45, 7) is 0. The van der Waals surface area contributed by atoms with Gasteiger partial charge in [-0.25, -0.2) is 0 Å². The zero-order chi connectivity index (χ0) is 17.8. The van der Waals surface area contributed by atoms with Crippen LogP contribution in [0, 0.1) is 3.57 Å². The van der Waals surface area contributed by atoms with E-state index in [-0.39, 0.29) is 0 Å². The van der Waals surface area contributed by atoms with Gasteiger partial charge in [0.15, 0.2) is 5.52 Å². The average molecular weight is 447 g/mol. The number of benzene rings is 1. The van der Waals surface area contributed by atoms with Crippen molar-refractivity contribution in [2.24, 2.45) is 0 Å². The van der Waals surface area contributed by atoms with E-state index in [2.05, 4.69) is 32.9 Å². The number of carbonyl (C=O) groups excluding carboxylic acids is 1. The van der Waals surface area contributed by atoms with Gasteiger partial charge in [-0.1, -0.05) is 6.07 Å². The maximum absolute atomic E-state index is 9.75. The van der Waals surface area contributed by atoms with Crippen molar-refractivity contribution in [1.29, 1.82) is 0 Å². The van der Waals surface area contributed by atoms with Crippen molar-refractivity contribution < 1.29 is 21.8 Å². The summed E-state index contributed by atoms with van der Waals surface area (Å²) in [6, 6.07) is 6.56. The summed E-state index contributed by atoms with van der Waals surface area (Å²) in [5.74, 6) is 0. The minimum atomic E-state index is -6.00. The molecule has 0 unspecified atom stereocenters. The molecule has 6 nitrogen and oxygen atoms in total. The van der Waals surface area contributed by atoms with E-state index in [0.29, 0.717) is 6.03 Å². The molecule has 0 bridgehead atoms. The topological polar surface area (TPSA) is 48.5 Å². The molecule has 0 radical (unpaired) electrons. The zero-order valence-electron chi connectivity index (χ0n) is 12.8. The van der Waals surface area contributed by atoms with Crippen molar-refractivity contribution in [2.45, 2.75) is 0 Å². The second-order valence-electron chi connectivity index (χ2n) is 4.73. The highest BCUT2D eigenvalue weighted by Gasteiger charge is 2.23. The molecule has 2 amide bonds. The summed E-state index contributed by atoms with van der Waals surface area (Å²) < 4.78 is 45.8. The minimum absolute atomic E-state index is 0.681. The molecule has 1 aromatic carbocycles. The Kier molecular flexibility index (Phi) is 6.59. The molecule has 0 aliphatic rings. The van der Waals surface area contributed by atoms with Crippen molar-refractivity contribution >= 4 is 46.9 Å². The van der Waals surface area contributed by atoms with Crippen molar-refractivity contribution in [1.82, 2.24) is 25.0 Å². The smallest absolute Gasteiger partial charge is 0.418 e. The first-order valence-corrected chi connectivity index (χ1v) is 7.35. The van der Waals surface area contributed by atoms with E-state index in [4.69, 9.17) is 4.53 Å². The molecule has 0 saturated carbocycles. The average Bonchev–Trinajstić information content (AvgIpc) is 2.77. The highest BCUT2D eigenvalue weighted by Crippen LogP contribution is 2.18. The van der Waals surface area contributed by atoms with Crippen LogP contribution >= 0.6 is 22.6 Å². The Labute approximate surface area is 143 Å². The number of rotatable bonds is 1. The van der Waals surface area contributed by atoms with Crippen molar-refractivity contribution in [3.8, 4) is 0 Å². The number of urea groups is 1. The van der Waals surface area contributed by atoms with Crippen LogP contribution < -0.4 is 0 Å².